The highest BCUT2D eigenvalue weighted by molar-refractivity contribution is 5.76. The zero-order chi connectivity index (χ0) is 56.4. The maximum Gasteiger partial charge on any atom is 0.305 e. The summed E-state index contributed by atoms with van der Waals surface area (Å²) < 4.78 is 5.49. The van der Waals surface area contributed by atoms with E-state index in [1.807, 2.05) is 0 Å². The molecule has 3 N–H and O–H groups in total. The van der Waals surface area contributed by atoms with E-state index in [2.05, 4.69) is 31.3 Å². The molecule has 2 atom stereocenters. The number of ether oxygens (including phenoxy) is 1. The van der Waals surface area contributed by atoms with Gasteiger partial charge in [-0.15, -0.1) is 0 Å². The van der Waals surface area contributed by atoms with E-state index in [1.165, 1.54) is 340 Å². The molecule has 78 heavy (non-hydrogen) atoms. The first kappa shape index (κ1) is 76.6. The number of aliphatic hydroxyl groups is 2. The summed E-state index contributed by atoms with van der Waals surface area (Å²) in [6.07, 6.45) is 84.2. The molecule has 0 spiro atoms. The molecule has 0 radical (unpaired) electrons. The minimum absolute atomic E-state index is 0.0226. The Hall–Kier alpha value is -1.40. The van der Waals surface area contributed by atoms with Gasteiger partial charge < -0.3 is 20.3 Å². The Bertz CT molecular complexity index is 1180. The summed E-state index contributed by atoms with van der Waals surface area (Å²) in [6.45, 7) is 4.99. The number of carbonyl (C=O) groups is 2. The lowest BCUT2D eigenvalue weighted by atomic mass is 10.0. The fourth-order valence-corrected chi connectivity index (χ4v) is 11.6. The molecule has 0 saturated carbocycles. The maximum absolute atomic E-state index is 12.5. The predicted molar refractivity (Wildman–Crippen MR) is 343 cm³/mol. The van der Waals surface area contributed by atoms with Crippen molar-refractivity contribution in [3.05, 3.63) is 12.2 Å². The van der Waals surface area contributed by atoms with Gasteiger partial charge in [0, 0.05) is 12.8 Å². The second-order valence-electron chi connectivity index (χ2n) is 24.9. The van der Waals surface area contributed by atoms with Crippen molar-refractivity contribution in [1.82, 2.24) is 5.32 Å². The van der Waals surface area contributed by atoms with Gasteiger partial charge in [-0.05, 0) is 51.4 Å². The smallest absolute Gasteiger partial charge is 0.305 e. The molecule has 6 heteroatoms. The highest BCUT2D eigenvalue weighted by Gasteiger charge is 2.20. The second kappa shape index (κ2) is 68.1. The van der Waals surface area contributed by atoms with Crippen molar-refractivity contribution in [2.75, 3.05) is 13.2 Å². The molecule has 0 aromatic carbocycles. The minimum atomic E-state index is -0.660. The zero-order valence-corrected chi connectivity index (χ0v) is 53.2. The van der Waals surface area contributed by atoms with E-state index < -0.39 is 12.1 Å². The molecule has 0 aliphatic carbocycles. The number of hydrogen-bond donors (Lipinski definition) is 3. The van der Waals surface area contributed by atoms with E-state index in [9.17, 15) is 19.8 Å². The van der Waals surface area contributed by atoms with Crippen LogP contribution in [0.2, 0.25) is 0 Å². The van der Waals surface area contributed by atoms with Crippen LogP contribution in [0.4, 0.5) is 0 Å². The van der Waals surface area contributed by atoms with Gasteiger partial charge in [-0.2, -0.15) is 0 Å². The SMILES string of the molecule is CCCCCCCCCCCCCCCC(=O)OCCCCCCCCCCCCCCCC/C=C\CCCCCCCCCCCCCCCCCCCC(=O)NC(CO)C(O)CCCCCCCCCCCCCCC. The molecule has 0 bridgehead atoms. The molecule has 464 valence electrons. The molecule has 2 unspecified atom stereocenters. The number of rotatable bonds is 68. The molecule has 0 rings (SSSR count). The van der Waals surface area contributed by atoms with Crippen molar-refractivity contribution in [2.24, 2.45) is 0 Å². The minimum Gasteiger partial charge on any atom is -0.466 e. The van der Waals surface area contributed by atoms with Gasteiger partial charge in [0.2, 0.25) is 5.91 Å². The second-order valence-corrected chi connectivity index (χ2v) is 24.9. The maximum atomic E-state index is 12.5. The Balaban J connectivity index is 3.31. The summed E-state index contributed by atoms with van der Waals surface area (Å²) in [5.41, 5.74) is 0. The van der Waals surface area contributed by atoms with Crippen molar-refractivity contribution >= 4 is 11.9 Å². The van der Waals surface area contributed by atoms with Gasteiger partial charge in [-0.25, -0.2) is 0 Å². The first-order chi connectivity index (χ1) is 38.5. The Morgan fingerprint density at radius 1 is 0.346 bits per heavy atom. The Morgan fingerprint density at radius 2 is 0.603 bits per heavy atom. The molecule has 0 fully saturated rings. The standard InChI is InChI=1S/C72H141NO5/c1-3-5-7-9-11-13-15-40-44-48-52-56-60-64-70(75)69(68-74)73-71(76)65-61-57-53-49-45-42-38-36-34-32-30-28-26-24-22-20-18-17-19-21-23-25-27-29-31-33-35-37-39-43-47-51-55-59-63-67-78-72(77)66-62-58-54-50-46-41-16-14-12-10-8-6-4-2/h19,21,69-70,74-75H,3-18,20,22-68H2,1-2H3,(H,73,76)/b21-19-. The average molecular weight is 1100 g/mol. The number of amides is 1. The van der Waals surface area contributed by atoms with Crippen LogP contribution in [-0.2, 0) is 14.3 Å². The lowest BCUT2D eigenvalue weighted by molar-refractivity contribution is -0.143. The van der Waals surface area contributed by atoms with Gasteiger partial charge >= 0.3 is 5.97 Å². The number of aliphatic hydroxyl groups excluding tert-OH is 2. The molecule has 1 amide bonds. The van der Waals surface area contributed by atoms with Crippen molar-refractivity contribution in [3.8, 4) is 0 Å². The number of unbranched alkanes of at least 4 members (excludes halogenated alkanes) is 55. The lowest BCUT2D eigenvalue weighted by Gasteiger charge is -2.22. The normalized spacial score (nSPS) is 12.5. The van der Waals surface area contributed by atoms with Crippen molar-refractivity contribution in [1.29, 1.82) is 0 Å². The third kappa shape index (κ3) is 63.8. The average Bonchev–Trinajstić information content (AvgIpc) is 3.44. The van der Waals surface area contributed by atoms with Crippen LogP contribution in [0, 0.1) is 0 Å². The van der Waals surface area contributed by atoms with Crippen LogP contribution in [0.15, 0.2) is 12.2 Å². The van der Waals surface area contributed by atoms with Crippen LogP contribution in [0.1, 0.15) is 412 Å². The Kier molecular flexibility index (Phi) is 66.9. The number of hydrogen-bond acceptors (Lipinski definition) is 5. The van der Waals surface area contributed by atoms with Gasteiger partial charge in [-0.3, -0.25) is 9.59 Å². The van der Waals surface area contributed by atoms with E-state index in [0.29, 0.717) is 25.9 Å². The summed E-state index contributed by atoms with van der Waals surface area (Å²) in [7, 11) is 0. The summed E-state index contributed by atoms with van der Waals surface area (Å²) >= 11 is 0. The highest BCUT2D eigenvalue weighted by Crippen LogP contribution is 2.19. The van der Waals surface area contributed by atoms with Gasteiger partial charge in [0.05, 0.1) is 25.4 Å². The van der Waals surface area contributed by atoms with Crippen LogP contribution in [-0.4, -0.2) is 47.4 Å². The quantitative estimate of drug-likeness (QED) is 0.0320. The number of esters is 1. The van der Waals surface area contributed by atoms with Gasteiger partial charge in [0.1, 0.15) is 0 Å². The summed E-state index contributed by atoms with van der Waals surface area (Å²) in [5.74, 6) is -0.00631. The number of nitrogens with one attached hydrogen (secondary N) is 1. The molecule has 6 nitrogen and oxygen atoms in total. The van der Waals surface area contributed by atoms with Crippen molar-refractivity contribution in [3.63, 3.8) is 0 Å². The van der Waals surface area contributed by atoms with Crippen LogP contribution >= 0.6 is 0 Å². The Morgan fingerprint density at radius 3 is 0.910 bits per heavy atom. The molecule has 0 heterocycles. The van der Waals surface area contributed by atoms with Crippen LogP contribution in [0.25, 0.3) is 0 Å². The zero-order valence-electron chi connectivity index (χ0n) is 53.2. The molecule has 0 saturated heterocycles. The largest absolute Gasteiger partial charge is 0.466 e. The van der Waals surface area contributed by atoms with E-state index >= 15 is 0 Å². The first-order valence-corrected chi connectivity index (χ1v) is 35.9. The van der Waals surface area contributed by atoms with Crippen molar-refractivity contribution < 1.29 is 24.5 Å². The van der Waals surface area contributed by atoms with E-state index in [0.717, 1.165) is 38.5 Å². The van der Waals surface area contributed by atoms with Gasteiger partial charge in [0.25, 0.3) is 0 Å². The fraction of sp³-hybridized carbons (Fsp3) is 0.944. The molecule has 0 aromatic heterocycles. The van der Waals surface area contributed by atoms with E-state index in [4.69, 9.17) is 4.74 Å². The molecular formula is C72H141NO5. The monoisotopic (exact) mass is 1100 g/mol. The number of carbonyl (C=O) groups excluding carboxylic acids is 2. The molecular weight excluding hydrogens is 959 g/mol. The third-order valence-electron chi connectivity index (χ3n) is 17.1. The Labute approximate surface area is 489 Å². The van der Waals surface area contributed by atoms with E-state index in [-0.39, 0.29) is 18.5 Å². The molecule has 0 aliphatic heterocycles. The summed E-state index contributed by atoms with van der Waals surface area (Å²) in [4.78, 5) is 24.5. The predicted octanol–water partition coefficient (Wildman–Crippen LogP) is 23.1. The number of allylic oxidation sites excluding steroid dienone is 2. The molecule has 0 aromatic rings. The van der Waals surface area contributed by atoms with Gasteiger partial charge in [-0.1, -0.05) is 360 Å². The third-order valence-corrected chi connectivity index (χ3v) is 17.1. The topological polar surface area (TPSA) is 95.9 Å². The lowest BCUT2D eigenvalue weighted by Crippen LogP contribution is -2.45. The highest BCUT2D eigenvalue weighted by atomic mass is 16.5. The van der Waals surface area contributed by atoms with Crippen LogP contribution in [0.3, 0.4) is 0 Å². The van der Waals surface area contributed by atoms with Gasteiger partial charge in [0.15, 0.2) is 0 Å². The van der Waals surface area contributed by atoms with E-state index in [1.54, 1.807) is 0 Å². The van der Waals surface area contributed by atoms with Crippen molar-refractivity contribution in [2.45, 2.75) is 424 Å². The van der Waals surface area contributed by atoms with Crippen LogP contribution < -0.4 is 5.32 Å². The first-order valence-electron chi connectivity index (χ1n) is 35.9. The summed E-state index contributed by atoms with van der Waals surface area (Å²) in [6, 6.07) is -0.537. The van der Waals surface area contributed by atoms with Crippen LogP contribution in [0.5, 0.6) is 0 Å². The summed E-state index contributed by atoms with van der Waals surface area (Å²) in [5, 5.41) is 23.3. The fourth-order valence-electron chi connectivity index (χ4n) is 11.6. The molecule has 0 aliphatic rings.